The molecule has 1 heterocycles. The summed E-state index contributed by atoms with van der Waals surface area (Å²) in [6.45, 7) is 9.05. The van der Waals surface area contributed by atoms with Crippen molar-refractivity contribution < 1.29 is 4.74 Å². The van der Waals surface area contributed by atoms with Crippen molar-refractivity contribution in [2.45, 2.75) is 40.2 Å². The van der Waals surface area contributed by atoms with E-state index >= 15 is 0 Å². The molecule has 0 saturated carbocycles. The molecule has 4 nitrogen and oxygen atoms in total. The monoisotopic (exact) mass is 243 g/mol. The predicted octanol–water partition coefficient (Wildman–Crippen LogP) is 2.46. The van der Waals surface area contributed by atoms with Crippen LogP contribution in [0.5, 0.6) is 5.19 Å². The average Bonchev–Trinajstić information content (AvgIpc) is 2.66. The van der Waals surface area contributed by atoms with Gasteiger partial charge in [0.1, 0.15) is 5.01 Å². The standard InChI is InChI=1S/C11H21N3OS/c1-4-6-12-8-10-13-14-11(16-10)15-7-5-9(2)3/h9,12H,4-8H2,1-3H3. The van der Waals surface area contributed by atoms with Gasteiger partial charge in [-0.2, -0.15) is 0 Å². The third-order valence-corrected chi connectivity index (χ3v) is 2.91. The quantitative estimate of drug-likeness (QED) is 0.712. The molecule has 92 valence electrons. The highest BCUT2D eigenvalue weighted by atomic mass is 32.1. The number of ether oxygens (including phenoxy) is 1. The minimum Gasteiger partial charge on any atom is -0.469 e. The SMILES string of the molecule is CCCNCc1nnc(OCCC(C)C)s1. The van der Waals surface area contributed by atoms with Gasteiger partial charge >= 0.3 is 0 Å². The second kappa shape index (κ2) is 7.57. The van der Waals surface area contributed by atoms with E-state index in [0.717, 1.165) is 37.5 Å². The summed E-state index contributed by atoms with van der Waals surface area (Å²) >= 11 is 1.53. The number of hydrogen-bond donors (Lipinski definition) is 1. The van der Waals surface area contributed by atoms with Gasteiger partial charge in [0, 0.05) is 6.54 Å². The van der Waals surface area contributed by atoms with E-state index in [1.165, 1.54) is 11.3 Å². The van der Waals surface area contributed by atoms with Crippen LogP contribution in [0.2, 0.25) is 0 Å². The van der Waals surface area contributed by atoms with Crippen LogP contribution in [0, 0.1) is 5.92 Å². The molecule has 0 aliphatic heterocycles. The summed E-state index contributed by atoms with van der Waals surface area (Å²) in [6.07, 6.45) is 2.19. The molecule has 0 radical (unpaired) electrons. The molecule has 16 heavy (non-hydrogen) atoms. The smallest absolute Gasteiger partial charge is 0.294 e. The highest BCUT2D eigenvalue weighted by Crippen LogP contribution is 2.18. The fourth-order valence-electron chi connectivity index (χ4n) is 1.12. The summed E-state index contributed by atoms with van der Waals surface area (Å²) in [5.41, 5.74) is 0. The summed E-state index contributed by atoms with van der Waals surface area (Å²) in [4.78, 5) is 0. The lowest BCUT2D eigenvalue weighted by atomic mass is 10.1. The molecule has 1 aromatic rings. The van der Waals surface area contributed by atoms with E-state index in [1.807, 2.05) is 0 Å². The van der Waals surface area contributed by atoms with E-state index in [0.29, 0.717) is 11.1 Å². The molecule has 0 spiro atoms. The van der Waals surface area contributed by atoms with Gasteiger partial charge in [-0.15, -0.1) is 10.2 Å². The first kappa shape index (κ1) is 13.4. The van der Waals surface area contributed by atoms with Crippen LogP contribution in [0.15, 0.2) is 0 Å². The van der Waals surface area contributed by atoms with E-state index in [4.69, 9.17) is 4.74 Å². The van der Waals surface area contributed by atoms with Crippen molar-refractivity contribution in [3.8, 4) is 5.19 Å². The predicted molar refractivity (Wildman–Crippen MR) is 66.9 cm³/mol. The molecule has 0 atom stereocenters. The van der Waals surface area contributed by atoms with Crippen molar-refractivity contribution >= 4 is 11.3 Å². The Balaban J connectivity index is 2.22. The van der Waals surface area contributed by atoms with Crippen molar-refractivity contribution in [1.82, 2.24) is 15.5 Å². The first-order valence-corrected chi connectivity index (χ1v) is 6.70. The topological polar surface area (TPSA) is 47.0 Å². The zero-order chi connectivity index (χ0) is 11.8. The second-order valence-electron chi connectivity index (χ2n) is 4.17. The Labute approximate surface area is 101 Å². The molecular formula is C11H21N3OS. The molecular weight excluding hydrogens is 222 g/mol. The van der Waals surface area contributed by atoms with Crippen molar-refractivity contribution in [2.24, 2.45) is 5.92 Å². The Morgan fingerprint density at radius 3 is 2.88 bits per heavy atom. The van der Waals surface area contributed by atoms with Gasteiger partial charge in [0.05, 0.1) is 6.61 Å². The highest BCUT2D eigenvalue weighted by Gasteiger charge is 2.04. The van der Waals surface area contributed by atoms with Gasteiger partial charge in [-0.25, -0.2) is 0 Å². The van der Waals surface area contributed by atoms with Crippen LogP contribution >= 0.6 is 11.3 Å². The summed E-state index contributed by atoms with van der Waals surface area (Å²) in [6, 6.07) is 0. The lowest BCUT2D eigenvalue weighted by molar-refractivity contribution is 0.286. The Hall–Kier alpha value is -0.680. The maximum Gasteiger partial charge on any atom is 0.294 e. The fraction of sp³-hybridized carbons (Fsp3) is 0.818. The van der Waals surface area contributed by atoms with Gasteiger partial charge in [-0.1, -0.05) is 32.1 Å². The van der Waals surface area contributed by atoms with Crippen molar-refractivity contribution in [2.75, 3.05) is 13.2 Å². The first-order valence-electron chi connectivity index (χ1n) is 5.88. The molecule has 0 fully saturated rings. The highest BCUT2D eigenvalue weighted by molar-refractivity contribution is 7.13. The maximum atomic E-state index is 5.52. The summed E-state index contributed by atoms with van der Waals surface area (Å²) < 4.78 is 5.52. The van der Waals surface area contributed by atoms with E-state index in [2.05, 4.69) is 36.3 Å². The fourth-order valence-corrected chi connectivity index (χ4v) is 1.80. The average molecular weight is 243 g/mol. The molecule has 1 rings (SSSR count). The minimum atomic E-state index is 0.665. The second-order valence-corrected chi connectivity index (χ2v) is 5.19. The van der Waals surface area contributed by atoms with E-state index in [1.54, 1.807) is 0 Å². The van der Waals surface area contributed by atoms with Gasteiger partial charge in [-0.3, -0.25) is 0 Å². The Bertz CT molecular complexity index is 289. The Morgan fingerprint density at radius 1 is 1.38 bits per heavy atom. The molecule has 5 heteroatoms. The zero-order valence-electron chi connectivity index (χ0n) is 10.3. The van der Waals surface area contributed by atoms with Crippen LogP contribution in [0.4, 0.5) is 0 Å². The molecule has 0 saturated heterocycles. The zero-order valence-corrected chi connectivity index (χ0v) is 11.1. The summed E-state index contributed by atoms with van der Waals surface area (Å²) in [5, 5.41) is 13.0. The summed E-state index contributed by atoms with van der Waals surface area (Å²) in [5.74, 6) is 0.665. The van der Waals surface area contributed by atoms with Crippen LogP contribution in [0.3, 0.4) is 0 Å². The van der Waals surface area contributed by atoms with Gasteiger partial charge < -0.3 is 10.1 Å². The normalized spacial score (nSPS) is 11.0. The maximum absolute atomic E-state index is 5.52. The molecule has 1 aromatic heterocycles. The molecule has 0 unspecified atom stereocenters. The number of hydrogen-bond acceptors (Lipinski definition) is 5. The van der Waals surface area contributed by atoms with Crippen LogP contribution in [0.1, 0.15) is 38.6 Å². The Kier molecular flexibility index (Phi) is 6.33. The van der Waals surface area contributed by atoms with Gasteiger partial charge in [0.15, 0.2) is 0 Å². The molecule has 1 N–H and O–H groups in total. The number of aromatic nitrogens is 2. The van der Waals surface area contributed by atoms with Crippen molar-refractivity contribution in [3.05, 3.63) is 5.01 Å². The molecule has 0 aromatic carbocycles. The molecule has 0 amide bonds. The van der Waals surface area contributed by atoms with Crippen molar-refractivity contribution in [3.63, 3.8) is 0 Å². The van der Waals surface area contributed by atoms with Crippen LogP contribution < -0.4 is 10.1 Å². The van der Waals surface area contributed by atoms with Gasteiger partial charge in [-0.05, 0) is 25.3 Å². The van der Waals surface area contributed by atoms with Crippen molar-refractivity contribution in [1.29, 1.82) is 0 Å². The van der Waals surface area contributed by atoms with E-state index < -0.39 is 0 Å². The minimum absolute atomic E-state index is 0.665. The molecule has 0 bridgehead atoms. The third kappa shape index (κ3) is 5.42. The molecule has 0 aliphatic rings. The first-order chi connectivity index (χ1) is 7.72. The largest absolute Gasteiger partial charge is 0.469 e. The number of nitrogens with zero attached hydrogens (tertiary/aromatic N) is 2. The number of rotatable bonds is 8. The van der Waals surface area contributed by atoms with Gasteiger partial charge in [0.2, 0.25) is 0 Å². The number of nitrogens with one attached hydrogen (secondary N) is 1. The summed E-state index contributed by atoms with van der Waals surface area (Å²) in [7, 11) is 0. The third-order valence-electron chi connectivity index (χ3n) is 2.07. The van der Waals surface area contributed by atoms with Crippen LogP contribution in [-0.4, -0.2) is 23.3 Å². The van der Waals surface area contributed by atoms with E-state index in [-0.39, 0.29) is 0 Å². The lowest BCUT2D eigenvalue weighted by Gasteiger charge is -2.03. The lowest BCUT2D eigenvalue weighted by Crippen LogP contribution is -2.13. The van der Waals surface area contributed by atoms with Crippen LogP contribution in [-0.2, 0) is 6.54 Å². The van der Waals surface area contributed by atoms with E-state index in [9.17, 15) is 0 Å². The van der Waals surface area contributed by atoms with Crippen LogP contribution in [0.25, 0.3) is 0 Å². The Morgan fingerprint density at radius 2 is 2.19 bits per heavy atom. The van der Waals surface area contributed by atoms with Gasteiger partial charge in [0.25, 0.3) is 5.19 Å². The molecule has 0 aliphatic carbocycles.